The molecule has 0 saturated heterocycles. The summed E-state index contributed by atoms with van der Waals surface area (Å²) in [6.07, 6.45) is 3.38. The summed E-state index contributed by atoms with van der Waals surface area (Å²) in [5.74, 6) is 3.94. The minimum Gasteiger partial charge on any atom is -0.388 e. The van der Waals surface area contributed by atoms with Crippen LogP contribution in [0.5, 0.6) is 0 Å². The van der Waals surface area contributed by atoms with Crippen molar-refractivity contribution in [1.82, 2.24) is 10.8 Å². The van der Waals surface area contributed by atoms with Crippen molar-refractivity contribution in [2.75, 3.05) is 0 Å². The highest BCUT2D eigenvalue weighted by molar-refractivity contribution is 5.97. The van der Waals surface area contributed by atoms with Crippen molar-refractivity contribution in [3.63, 3.8) is 0 Å². The summed E-state index contributed by atoms with van der Waals surface area (Å²) in [6, 6.07) is 11.0. The number of nitrogens with one attached hydrogen (secondary N) is 2. The molecule has 4 N–H and O–H groups in total. The van der Waals surface area contributed by atoms with Gasteiger partial charge in [0.25, 0.3) is 11.8 Å². The van der Waals surface area contributed by atoms with E-state index in [0.29, 0.717) is 5.56 Å². The van der Waals surface area contributed by atoms with Gasteiger partial charge in [0.1, 0.15) is 11.9 Å². The van der Waals surface area contributed by atoms with Crippen LogP contribution in [0, 0.1) is 17.7 Å². The zero-order chi connectivity index (χ0) is 21.4. The number of hydrogen-bond acceptors (Lipinski definition) is 4. The van der Waals surface area contributed by atoms with E-state index in [-0.39, 0.29) is 11.4 Å². The highest BCUT2D eigenvalue weighted by Gasteiger charge is 2.34. The first-order valence-electron chi connectivity index (χ1n) is 8.71. The monoisotopic (exact) mass is 396 g/mol. The van der Waals surface area contributed by atoms with Gasteiger partial charge in [0.05, 0.1) is 5.60 Å². The minimum atomic E-state index is -1.58. The van der Waals surface area contributed by atoms with Gasteiger partial charge in [-0.3, -0.25) is 14.8 Å². The van der Waals surface area contributed by atoms with Crippen molar-refractivity contribution < 1.29 is 24.3 Å². The van der Waals surface area contributed by atoms with Crippen molar-refractivity contribution in [3.8, 4) is 11.8 Å². The second kappa shape index (κ2) is 9.64. The molecule has 2 aromatic carbocycles. The van der Waals surface area contributed by atoms with Gasteiger partial charge in [-0.1, -0.05) is 24.0 Å². The largest absolute Gasteiger partial charge is 0.388 e. The maximum Gasteiger partial charge on any atom is 0.268 e. The van der Waals surface area contributed by atoms with Gasteiger partial charge in [-0.2, -0.15) is 0 Å². The number of aliphatic hydroxyl groups is 1. The summed E-state index contributed by atoms with van der Waals surface area (Å²) in [5.41, 5.74) is 1.59. The van der Waals surface area contributed by atoms with Gasteiger partial charge in [-0.05, 0) is 68.0 Å². The fourth-order valence-electron chi connectivity index (χ4n) is 2.38. The molecule has 0 radical (unpaired) electrons. The number of hydrogen-bond donors (Lipinski definition) is 4. The zero-order valence-electron chi connectivity index (χ0n) is 15.9. The molecular weight excluding hydrogens is 375 g/mol. The lowest BCUT2D eigenvalue weighted by Gasteiger charge is -2.28. The molecule has 0 spiro atoms. The van der Waals surface area contributed by atoms with Crippen molar-refractivity contribution in [2.45, 2.75) is 25.5 Å². The van der Waals surface area contributed by atoms with Crippen LogP contribution in [0.4, 0.5) is 4.39 Å². The summed E-state index contributed by atoms with van der Waals surface area (Å²) in [6.45, 7) is 2.68. The second-order valence-corrected chi connectivity index (χ2v) is 6.77. The van der Waals surface area contributed by atoms with E-state index < -0.39 is 23.5 Å². The molecule has 0 aliphatic carbocycles. The predicted molar refractivity (Wildman–Crippen MR) is 106 cm³/mol. The van der Waals surface area contributed by atoms with Crippen LogP contribution in [0.25, 0.3) is 6.08 Å². The van der Waals surface area contributed by atoms with Crippen molar-refractivity contribution >= 4 is 17.9 Å². The molecule has 1 atom stereocenters. The van der Waals surface area contributed by atoms with Gasteiger partial charge < -0.3 is 10.4 Å². The van der Waals surface area contributed by atoms with E-state index >= 15 is 0 Å². The number of hydroxylamine groups is 1. The molecule has 0 heterocycles. The number of carbonyl (C=O) groups excluding carboxylic acids is 2. The Morgan fingerprint density at radius 2 is 1.72 bits per heavy atom. The van der Waals surface area contributed by atoms with Gasteiger partial charge in [-0.25, -0.2) is 9.87 Å². The molecule has 0 unspecified atom stereocenters. The van der Waals surface area contributed by atoms with Crippen molar-refractivity contribution in [1.29, 1.82) is 0 Å². The number of halogens is 1. The summed E-state index contributed by atoms with van der Waals surface area (Å²) < 4.78 is 12.8. The predicted octanol–water partition coefficient (Wildman–Crippen LogP) is 2.27. The van der Waals surface area contributed by atoms with Crippen molar-refractivity contribution in [3.05, 3.63) is 77.1 Å². The van der Waals surface area contributed by atoms with E-state index in [1.165, 1.54) is 43.6 Å². The quantitative estimate of drug-likeness (QED) is 0.354. The number of carbonyl (C=O) groups is 2. The Morgan fingerprint density at radius 1 is 1.10 bits per heavy atom. The van der Waals surface area contributed by atoms with Crippen LogP contribution in [0.3, 0.4) is 0 Å². The molecule has 0 saturated carbocycles. The fraction of sp³-hybridized carbons (Fsp3) is 0.182. The number of benzene rings is 2. The molecule has 2 aromatic rings. The lowest BCUT2D eigenvalue weighted by Crippen LogP contribution is -2.57. The summed E-state index contributed by atoms with van der Waals surface area (Å²) >= 11 is 0. The Labute approximate surface area is 168 Å². The highest BCUT2D eigenvalue weighted by Crippen LogP contribution is 2.11. The molecule has 0 bridgehead atoms. The molecule has 29 heavy (non-hydrogen) atoms. The van der Waals surface area contributed by atoms with Crippen LogP contribution in [-0.2, 0) is 4.79 Å². The normalized spacial score (nSPS) is 12.0. The topological polar surface area (TPSA) is 98.7 Å². The third-order valence-electron chi connectivity index (χ3n) is 3.95. The highest BCUT2D eigenvalue weighted by atomic mass is 19.1. The molecule has 7 heteroatoms. The third-order valence-corrected chi connectivity index (χ3v) is 3.95. The SMILES string of the molecule is CC(C)(O)[C@H](NC(=O)c1ccc(C#CC=Cc2ccc(F)cc2)cc1)C(=O)NO. The third kappa shape index (κ3) is 6.57. The van der Waals surface area contributed by atoms with Gasteiger partial charge in [0.15, 0.2) is 0 Å². The van der Waals surface area contributed by atoms with Gasteiger partial charge >= 0.3 is 0 Å². The van der Waals surface area contributed by atoms with Crippen LogP contribution < -0.4 is 10.8 Å². The van der Waals surface area contributed by atoms with Crippen LogP contribution in [-0.4, -0.2) is 33.8 Å². The van der Waals surface area contributed by atoms with Crippen molar-refractivity contribution in [2.24, 2.45) is 0 Å². The maximum atomic E-state index is 12.8. The molecule has 0 aromatic heterocycles. The van der Waals surface area contributed by atoms with Gasteiger partial charge in [0, 0.05) is 11.1 Å². The van der Waals surface area contributed by atoms with E-state index in [0.717, 1.165) is 5.56 Å². The molecule has 150 valence electrons. The van der Waals surface area contributed by atoms with Crippen LogP contribution >= 0.6 is 0 Å². The molecule has 0 fully saturated rings. The molecular formula is C22H21FN2O4. The first-order chi connectivity index (χ1) is 13.7. The summed E-state index contributed by atoms with van der Waals surface area (Å²) in [5, 5.41) is 21.2. The van der Waals surface area contributed by atoms with Gasteiger partial charge in [0.2, 0.25) is 0 Å². The number of rotatable bonds is 5. The second-order valence-electron chi connectivity index (χ2n) is 6.77. The Morgan fingerprint density at radius 3 is 2.28 bits per heavy atom. The van der Waals surface area contributed by atoms with Crippen LogP contribution in [0.1, 0.15) is 35.3 Å². The van der Waals surface area contributed by atoms with Gasteiger partial charge in [-0.15, -0.1) is 0 Å². The molecule has 6 nitrogen and oxygen atoms in total. The van der Waals surface area contributed by atoms with E-state index in [1.54, 1.807) is 36.4 Å². The van der Waals surface area contributed by atoms with E-state index in [4.69, 9.17) is 5.21 Å². The first-order valence-corrected chi connectivity index (χ1v) is 8.71. The number of amides is 2. The van der Waals surface area contributed by atoms with Crippen LogP contribution in [0.15, 0.2) is 54.6 Å². The minimum absolute atomic E-state index is 0.261. The molecule has 2 rings (SSSR count). The molecule has 0 aliphatic heterocycles. The summed E-state index contributed by atoms with van der Waals surface area (Å²) in [4.78, 5) is 24.0. The average molecular weight is 396 g/mol. The average Bonchev–Trinajstić information content (AvgIpc) is 2.69. The summed E-state index contributed by atoms with van der Waals surface area (Å²) in [7, 11) is 0. The standard InChI is InChI=1S/C22H21FN2O4/c1-22(2,28)19(21(27)25-29)24-20(26)17-11-7-15(8-12-17)5-3-4-6-16-9-13-18(23)14-10-16/h4,6-14,19,28-29H,1-2H3,(H,24,26)(H,25,27)/t19-/m1/s1. The zero-order valence-corrected chi connectivity index (χ0v) is 15.9. The number of allylic oxidation sites excluding steroid dienone is 1. The lowest BCUT2D eigenvalue weighted by molar-refractivity contribution is -0.136. The fourth-order valence-corrected chi connectivity index (χ4v) is 2.38. The Balaban J connectivity index is 2.03. The molecule has 0 aliphatic rings. The Kier molecular flexibility index (Phi) is 7.26. The van der Waals surface area contributed by atoms with Crippen LogP contribution in [0.2, 0.25) is 0 Å². The maximum absolute atomic E-state index is 12.8. The first kappa shape index (κ1) is 21.8. The smallest absolute Gasteiger partial charge is 0.268 e. The van der Waals surface area contributed by atoms with E-state index in [2.05, 4.69) is 17.2 Å². The van der Waals surface area contributed by atoms with E-state index in [9.17, 15) is 19.1 Å². The Hall–Kier alpha value is -3.47. The van der Waals surface area contributed by atoms with E-state index in [1.807, 2.05) is 0 Å². The Bertz CT molecular complexity index is 950. The molecule has 2 amide bonds. The lowest BCUT2D eigenvalue weighted by atomic mass is 9.97.